The molecule has 1 fully saturated rings. The molecule has 1 atom stereocenters. The fourth-order valence-electron chi connectivity index (χ4n) is 2.25. The first-order valence-corrected chi connectivity index (χ1v) is 6.44. The number of amides is 1. The van der Waals surface area contributed by atoms with Crippen LogP contribution in [0.5, 0.6) is 0 Å². The van der Waals surface area contributed by atoms with Gasteiger partial charge in [0.05, 0.1) is 6.04 Å². The van der Waals surface area contributed by atoms with Gasteiger partial charge < -0.3 is 16.0 Å². The van der Waals surface area contributed by atoms with E-state index in [1.807, 2.05) is 0 Å². The number of carbonyl (C=O) groups is 1. The van der Waals surface area contributed by atoms with Gasteiger partial charge in [-0.05, 0) is 13.0 Å². The minimum absolute atomic E-state index is 0.230. The fourth-order valence-corrected chi connectivity index (χ4v) is 2.25. The fraction of sp³-hybridized carbons (Fsp3) is 0.917. The van der Waals surface area contributed by atoms with Crippen molar-refractivity contribution in [2.75, 3.05) is 46.3 Å². The van der Waals surface area contributed by atoms with E-state index in [-0.39, 0.29) is 11.9 Å². The summed E-state index contributed by atoms with van der Waals surface area (Å²) in [6.45, 7) is 10.6. The zero-order valence-corrected chi connectivity index (χ0v) is 11.3. The van der Waals surface area contributed by atoms with Crippen molar-refractivity contribution < 1.29 is 4.79 Å². The Morgan fingerprint density at radius 2 is 1.65 bits per heavy atom. The Morgan fingerprint density at radius 3 is 2.00 bits per heavy atom. The number of nitrogens with one attached hydrogen (secondary N) is 1. The van der Waals surface area contributed by atoms with Gasteiger partial charge in [0.15, 0.2) is 0 Å². The van der Waals surface area contributed by atoms with E-state index in [4.69, 9.17) is 5.73 Å². The average Bonchev–Trinajstić information content (AvgIpc) is 2.26. The molecule has 1 saturated heterocycles. The third-order valence-corrected chi connectivity index (χ3v) is 3.22. The number of hydrogen-bond donors (Lipinski definition) is 2. The van der Waals surface area contributed by atoms with E-state index >= 15 is 0 Å². The zero-order chi connectivity index (χ0) is 12.8. The van der Waals surface area contributed by atoms with Crippen LogP contribution in [0.25, 0.3) is 0 Å². The standard InChI is InChI=1S/C12H26N4O/c1-10(2)8-15-4-6-16(7-5-15)9-11(14-3)12(13)17/h10-11,14H,4-9H2,1-3H3,(H2,13,17). The molecule has 1 amide bonds. The molecule has 5 nitrogen and oxygen atoms in total. The highest BCUT2D eigenvalue weighted by molar-refractivity contribution is 5.80. The Bertz CT molecular complexity index is 237. The summed E-state index contributed by atoms with van der Waals surface area (Å²) in [5.41, 5.74) is 5.32. The minimum atomic E-state index is -0.267. The van der Waals surface area contributed by atoms with Crippen molar-refractivity contribution in [3.8, 4) is 0 Å². The van der Waals surface area contributed by atoms with Gasteiger partial charge in [-0.1, -0.05) is 13.8 Å². The van der Waals surface area contributed by atoms with Crippen LogP contribution in [0.15, 0.2) is 0 Å². The molecule has 100 valence electrons. The maximum atomic E-state index is 11.1. The van der Waals surface area contributed by atoms with Gasteiger partial charge in [0.25, 0.3) is 0 Å². The Hall–Kier alpha value is -0.650. The lowest BCUT2D eigenvalue weighted by atomic mass is 10.2. The Morgan fingerprint density at radius 1 is 1.18 bits per heavy atom. The van der Waals surface area contributed by atoms with E-state index < -0.39 is 0 Å². The number of primary amides is 1. The Labute approximate surface area is 104 Å². The molecule has 0 aromatic heterocycles. The summed E-state index contributed by atoms with van der Waals surface area (Å²) in [5, 5.41) is 2.96. The van der Waals surface area contributed by atoms with Crippen molar-refractivity contribution in [3.05, 3.63) is 0 Å². The van der Waals surface area contributed by atoms with E-state index in [1.165, 1.54) is 6.54 Å². The van der Waals surface area contributed by atoms with Gasteiger partial charge in [-0.2, -0.15) is 0 Å². The molecule has 0 saturated carbocycles. The third kappa shape index (κ3) is 5.02. The monoisotopic (exact) mass is 242 g/mol. The van der Waals surface area contributed by atoms with Crippen molar-refractivity contribution in [3.63, 3.8) is 0 Å². The van der Waals surface area contributed by atoms with Crippen LogP contribution < -0.4 is 11.1 Å². The second-order valence-corrected chi connectivity index (χ2v) is 5.24. The quantitative estimate of drug-likeness (QED) is 0.649. The lowest BCUT2D eigenvalue weighted by molar-refractivity contribution is -0.120. The summed E-state index contributed by atoms with van der Waals surface area (Å²) < 4.78 is 0. The molecule has 17 heavy (non-hydrogen) atoms. The predicted octanol–water partition coefficient (Wildman–Crippen LogP) is -0.667. The highest BCUT2D eigenvalue weighted by Crippen LogP contribution is 2.05. The summed E-state index contributed by atoms with van der Waals surface area (Å²) in [6.07, 6.45) is 0. The predicted molar refractivity (Wildman–Crippen MR) is 69.8 cm³/mol. The third-order valence-electron chi connectivity index (χ3n) is 3.22. The molecule has 0 aromatic carbocycles. The van der Waals surface area contributed by atoms with Gasteiger partial charge in [0.2, 0.25) is 5.91 Å². The van der Waals surface area contributed by atoms with E-state index in [1.54, 1.807) is 7.05 Å². The van der Waals surface area contributed by atoms with Crippen molar-refractivity contribution in [1.29, 1.82) is 0 Å². The number of rotatable bonds is 6. The van der Waals surface area contributed by atoms with Crippen LogP contribution in [0.2, 0.25) is 0 Å². The van der Waals surface area contributed by atoms with Crippen LogP contribution in [0, 0.1) is 5.92 Å². The minimum Gasteiger partial charge on any atom is -0.368 e. The largest absolute Gasteiger partial charge is 0.368 e. The summed E-state index contributed by atoms with van der Waals surface area (Å²) in [6, 6.07) is -0.230. The molecule has 0 spiro atoms. The van der Waals surface area contributed by atoms with Gasteiger partial charge in [-0.25, -0.2) is 0 Å². The number of nitrogens with zero attached hydrogens (tertiary/aromatic N) is 2. The van der Waals surface area contributed by atoms with Crippen LogP contribution in [-0.2, 0) is 4.79 Å². The Kier molecular flexibility index (Phi) is 5.88. The number of piperazine rings is 1. The van der Waals surface area contributed by atoms with Crippen molar-refractivity contribution >= 4 is 5.91 Å². The second kappa shape index (κ2) is 6.93. The molecule has 1 aliphatic heterocycles. The van der Waals surface area contributed by atoms with Crippen LogP contribution in [0.4, 0.5) is 0 Å². The normalized spacial score (nSPS) is 20.7. The molecule has 1 rings (SSSR count). The topological polar surface area (TPSA) is 61.6 Å². The van der Waals surface area contributed by atoms with Gasteiger partial charge in [-0.15, -0.1) is 0 Å². The summed E-state index contributed by atoms with van der Waals surface area (Å²) in [4.78, 5) is 15.9. The number of nitrogens with two attached hydrogens (primary N) is 1. The van der Waals surface area contributed by atoms with Crippen molar-refractivity contribution in [2.24, 2.45) is 11.7 Å². The van der Waals surface area contributed by atoms with Gasteiger partial charge in [0.1, 0.15) is 0 Å². The summed E-state index contributed by atoms with van der Waals surface area (Å²) in [7, 11) is 1.78. The highest BCUT2D eigenvalue weighted by Gasteiger charge is 2.21. The molecule has 5 heteroatoms. The van der Waals surface area contributed by atoms with Gasteiger partial charge >= 0.3 is 0 Å². The van der Waals surface area contributed by atoms with E-state index in [2.05, 4.69) is 29.0 Å². The molecule has 0 bridgehead atoms. The Balaban J connectivity index is 2.29. The molecule has 1 heterocycles. The lowest BCUT2D eigenvalue weighted by Gasteiger charge is -2.36. The molecule has 0 aromatic rings. The molecule has 0 aliphatic carbocycles. The van der Waals surface area contributed by atoms with Crippen LogP contribution in [-0.4, -0.2) is 68.1 Å². The van der Waals surface area contributed by atoms with E-state index in [0.717, 1.165) is 38.6 Å². The van der Waals surface area contributed by atoms with Crippen LogP contribution >= 0.6 is 0 Å². The summed E-state index contributed by atoms with van der Waals surface area (Å²) >= 11 is 0. The first-order valence-electron chi connectivity index (χ1n) is 6.44. The molecule has 1 aliphatic rings. The molecule has 1 unspecified atom stereocenters. The van der Waals surface area contributed by atoms with E-state index in [0.29, 0.717) is 0 Å². The molecule has 3 N–H and O–H groups in total. The molecular formula is C12H26N4O. The first-order chi connectivity index (χ1) is 8.02. The first kappa shape index (κ1) is 14.4. The second-order valence-electron chi connectivity index (χ2n) is 5.24. The number of hydrogen-bond acceptors (Lipinski definition) is 4. The van der Waals surface area contributed by atoms with E-state index in [9.17, 15) is 4.79 Å². The molecular weight excluding hydrogens is 216 g/mol. The van der Waals surface area contributed by atoms with Crippen molar-refractivity contribution in [2.45, 2.75) is 19.9 Å². The zero-order valence-electron chi connectivity index (χ0n) is 11.3. The maximum Gasteiger partial charge on any atom is 0.235 e. The van der Waals surface area contributed by atoms with Gasteiger partial charge in [0, 0.05) is 39.3 Å². The highest BCUT2D eigenvalue weighted by atomic mass is 16.1. The van der Waals surface area contributed by atoms with Crippen LogP contribution in [0.1, 0.15) is 13.8 Å². The number of carbonyl (C=O) groups excluding carboxylic acids is 1. The number of likely N-dealkylation sites (N-methyl/N-ethyl adjacent to an activating group) is 1. The lowest BCUT2D eigenvalue weighted by Crippen LogP contribution is -2.53. The average molecular weight is 242 g/mol. The maximum absolute atomic E-state index is 11.1. The smallest absolute Gasteiger partial charge is 0.235 e. The SMILES string of the molecule is CNC(CN1CCN(CC(C)C)CC1)C(N)=O. The molecule has 0 radical (unpaired) electrons. The van der Waals surface area contributed by atoms with Gasteiger partial charge in [-0.3, -0.25) is 9.69 Å². The van der Waals surface area contributed by atoms with Crippen LogP contribution in [0.3, 0.4) is 0 Å². The van der Waals surface area contributed by atoms with Crippen molar-refractivity contribution in [1.82, 2.24) is 15.1 Å². The summed E-state index contributed by atoms with van der Waals surface area (Å²) in [5.74, 6) is 0.453.